The van der Waals surface area contributed by atoms with Gasteiger partial charge >= 0.3 is 5.51 Å². The highest BCUT2D eigenvalue weighted by atomic mass is 35.5. The van der Waals surface area contributed by atoms with Gasteiger partial charge in [0, 0.05) is 83.1 Å². The number of nitrogens with two attached hydrogens (primary N) is 1. The molecule has 7 rings (SSSR count). The molecule has 9 nitrogen and oxygen atoms in total. The van der Waals surface area contributed by atoms with Gasteiger partial charge in [0.25, 0.3) is 5.91 Å². The summed E-state index contributed by atoms with van der Waals surface area (Å²) in [5.74, 6) is 0.343. The Kier molecular flexibility index (Phi) is 13.2. The summed E-state index contributed by atoms with van der Waals surface area (Å²) in [5, 5.41) is 4.62. The van der Waals surface area contributed by atoms with E-state index in [1.54, 1.807) is 30.6 Å². The molecule has 1 fully saturated rings. The van der Waals surface area contributed by atoms with E-state index in [1.165, 1.54) is 22.8 Å². The number of rotatable bonds is 14. The molecular weight excluding hydrogens is 803 g/mol. The molecule has 0 atom stereocenters. The van der Waals surface area contributed by atoms with Gasteiger partial charge in [0.15, 0.2) is 0 Å². The molecule has 2 aromatic heterocycles. The number of pyridine rings is 1. The third-order valence-corrected chi connectivity index (χ3v) is 12.3. The number of ether oxygens (including phenoxy) is 1. The monoisotopic (exact) mass is 849 g/mol. The van der Waals surface area contributed by atoms with E-state index in [0.29, 0.717) is 47.2 Å². The zero-order valence-corrected chi connectivity index (χ0v) is 34.8. The summed E-state index contributed by atoms with van der Waals surface area (Å²) in [6.45, 7) is 9.81. The van der Waals surface area contributed by atoms with Crippen LogP contribution >= 0.6 is 35.3 Å². The lowest BCUT2D eigenvalue weighted by Crippen LogP contribution is -2.47. The third-order valence-electron chi connectivity index (χ3n) is 10.5. The fraction of sp³-hybridized carbons (Fsp3) is 0.349. The Labute approximate surface area is 350 Å². The Morgan fingerprint density at radius 2 is 1.83 bits per heavy atom. The molecule has 1 saturated heterocycles. The van der Waals surface area contributed by atoms with E-state index in [-0.39, 0.29) is 27.6 Å². The maximum Gasteiger partial charge on any atom is 0.446 e. The molecule has 0 bridgehead atoms. The van der Waals surface area contributed by atoms with Crippen molar-refractivity contribution < 1.29 is 22.7 Å². The summed E-state index contributed by atoms with van der Waals surface area (Å²) < 4.78 is 49.6. The highest BCUT2D eigenvalue weighted by Gasteiger charge is 2.32. The summed E-state index contributed by atoms with van der Waals surface area (Å²) in [6.07, 6.45) is 7.27. The molecular formula is C43H47ClF3N7O2S2. The van der Waals surface area contributed by atoms with Crippen LogP contribution in [0.4, 0.5) is 24.5 Å². The number of allylic oxidation sites excluding steroid dienone is 1. The van der Waals surface area contributed by atoms with Gasteiger partial charge in [-0.2, -0.15) is 13.2 Å². The van der Waals surface area contributed by atoms with Crippen LogP contribution in [0.25, 0.3) is 16.6 Å². The molecule has 5 aromatic rings. The number of nitrogens with one attached hydrogen (secondary N) is 3. The number of alkyl halides is 3. The van der Waals surface area contributed by atoms with Crippen LogP contribution in [0, 0.1) is 5.41 Å². The Balaban J connectivity index is 1.07. The normalized spacial score (nSPS) is 16.2. The number of fused-ring (bicyclic) bond motifs is 1. The van der Waals surface area contributed by atoms with E-state index in [4.69, 9.17) is 22.1 Å². The van der Waals surface area contributed by atoms with Crippen LogP contribution in [0.5, 0.6) is 11.5 Å². The Hall–Kier alpha value is -4.34. The number of nitrogens with zero attached hydrogens (tertiary/aromatic N) is 3. The standard InChI is InChI=1S/C43H47ClF3N7O2S2/c1-42(2)14-12-30(36(25-42)28-4-6-31(44)7-5-28)27-53-18-20-54(21-19-53)32-8-10-35(38(23-32)56-33-22-29-13-17-50-40(29)51-26-33)41(55)52-58-34-9-11-37(49-16-3-15-48)39(24-34)57-43(45,46)47/h4-11,13,17,22-24,26,49H,3,12,14-16,18-21,25,27,48H2,1-2H3,(H,50,51)(H,52,55). The molecule has 58 heavy (non-hydrogen) atoms. The van der Waals surface area contributed by atoms with Crippen molar-refractivity contribution in [3.8, 4) is 11.5 Å². The van der Waals surface area contributed by atoms with Crippen molar-refractivity contribution in [2.45, 2.75) is 54.8 Å². The smallest absolute Gasteiger partial charge is 0.446 e. The van der Waals surface area contributed by atoms with Crippen molar-refractivity contribution in [2.24, 2.45) is 11.1 Å². The summed E-state index contributed by atoms with van der Waals surface area (Å²) in [4.78, 5) is 26.6. The largest absolute Gasteiger partial charge is 0.455 e. The molecule has 3 aromatic carbocycles. The Bertz CT molecular complexity index is 2260. The number of aromatic nitrogens is 2. The van der Waals surface area contributed by atoms with Crippen LogP contribution in [0.2, 0.25) is 5.02 Å². The summed E-state index contributed by atoms with van der Waals surface area (Å²) >= 11 is 6.97. The number of carbonyl (C=O) groups is 1. The lowest BCUT2D eigenvalue weighted by atomic mass is 9.72. The first-order valence-corrected chi connectivity index (χ1v) is 21.3. The topological polar surface area (TPSA) is 112 Å². The lowest BCUT2D eigenvalue weighted by Gasteiger charge is -2.39. The van der Waals surface area contributed by atoms with Crippen LogP contribution in [0.15, 0.2) is 101 Å². The lowest BCUT2D eigenvalue weighted by molar-refractivity contribution is -0.0328. The molecule has 1 aliphatic heterocycles. The summed E-state index contributed by atoms with van der Waals surface area (Å²) in [6, 6.07) is 22.2. The van der Waals surface area contributed by atoms with Gasteiger partial charge in [-0.3, -0.25) is 14.4 Å². The molecule has 0 saturated carbocycles. The number of piperazine rings is 1. The molecule has 15 heteroatoms. The van der Waals surface area contributed by atoms with Crippen LogP contribution in [0.1, 0.15) is 55.5 Å². The van der Waals surface area contributed by atoms with Gasteiger partial charge in [-0.1, -0.05) is 43.2 Å². The summed E-state index contributed by atoms with van der Waals surface area (Å²) in [5.41, 5.74) is 7.76. The van der Waals surface area contributed by atoms with Gasteiger partial charge in [0.1, 0.15) is 17.1 Å². The summed E-state index contributed by atoms with van der Waals surface area (Å²) in [7, 11) is 0. The predicted molar refractivity (Wildman–Crippen MR) is 231 cm³/mol. The highest BCUT2D eigenvalue weighted by Crippen LogP contribution is 2.44. The van der Waals surface area contributed by atoms with Crippen LogP contribution in [-0.4, -0.2) is 72.1 Å². The molecule has 5 N–H and O–H groups in total. The van der Waals surface area contributed by atoms with Crippen molar-refractivity contribution in [2.75, 3.05) is 56.0 Å². The Morgan fingerprint density at radius 1 is 1.03 bits per heavy atom. The number of benzene rings is 3. The minimum absolute atomic E-state index is 0.00584. The third kappa shape index (κ3) is 10.8. The number of aromatic amines is 1. The van der Waals surface area contributed by atoms with E-state index in [2.05, 4.69) is 55.8 Å². The first-order chi connectivity index (χ1) is 27.8. The highest BCUT2D eigenvalue weighted by molar-refractivity contribution is 8.00. The van der Waals surface area contributed by atoms with Gasteiger partial charge in [-0.15, -0.1) is 0 Å². The zero-order valence-electron chi connectivity index (χ0n) is 32.4. The number of H-pyrrole nitrogens is 1. The van der Waals surface area contributed by atoms with Crippen molar-refractivity contribution in [3.63, 3.8) is 0 Å². The average molecular weight is 850 g/mol. The molecule has 0 unspecified atom stereocenters. The molecule has 1 amide bonds. The minimum Gasteiger partial charge on any atom is -0.455 e. The van der Waals surface area contributed by atoms with Crippen molar-refractivity contribution in [1.82, 2.24) is 19.6 Å². The SMILES string of the molecule is CC1(C)CCC(CN2CCN(c3ccc(C(=O)NSc4ccc(NCCCN)c(SC(F)(F)F)c4)c(Oc4cnc5[nH]ccc5c4)c3)CC2)=C(c2ccc(Cl)cc2)C1. The molecule has 306 valence electrons. The quantitative estimate of drug-likeness (QED) is 0.0493. The average Bonchev–Trinajstić information content (AvgIpc) is 3.66. The van der Waals surface area contributed by atoms with Crippen LogP contribution in [0.3, 0.4) is 0 Å². The number of amides is 1. The molecule has 2 aliphatic rings. The molecule has 0 radical (unpaired) electrons. The van der Waals surface area contributed by atoms with E-state index < -0.39 is 11.4 Å². The van der Waals surface area contributed by atoms with E-state index >= 15 is 0 Å². The predicted octanol–water partition coefficient (Wildman–Crippen LogP) is 10.6. The van der Waals surface area contributed by atoms with E-state index in [9.17, 15) is 18.0 Å². The second-order valence-corrected chi connectivity index (χ2v) is 17.8. The number of hydrogen-bond acceptors (Lipinski definition) is 9. The number of carbonyl (C=O) groups excluding carboxylic acids is 1. The second-order valence-electron chi connectivity index (χ2n) is 15.4. The van der Waals surface area contributed by atoms with Gasteiger partial charge in [0.2, 0.25) is 0 Å². The van der Waals surface area contributed by atoms with E-state index in [1.807, 2.05) is 36.4 Å². The zero-order chi connectivity index (χ0) is 40.9. The van der Waals surface area contributed by atoms with Gasteiger partial charge < -0.3 is 25.7 Å². The van der Waals surface area contributed by atoms with Crippen molar-refractivity contribution in [3.05, 3.63) is 107 Å². The number of anilines is 2. The second kappa shape index (κ2) is 18.3. The molecule has 1 aliphatic carbocycles. The van der Waals surface area contributed by atoms with Crippen LogP contribution in [-0.2, 0) is 0 Å². The van der Waals surface area contributed by atoms with E-state index in [0.717, 1.165) is 80.0 Å². The number of hydrogen-bond donors (Lipinski definition) is 4. The van der Waals surface area contributed by atoms with Gasteiger partial charge in [-0.05, 0) is 127 Å². The van der Waals surface area contributed by atoms with Gasteiger partial charge in [-0.25, -0.2) is 4.98 Å². The minimum atomic E-state index is -4.48. The number of thioether (sulfide) groups is 1. The van der Waals surface area contributed by atoms with Crippen molar-refractivity contribution in [1.29, 1.82) is 0 Å². The fourth-order valence-electron chi connectivity index (χ4n) is 7.39. The van der Waals surface area contributed by atoms with Gasteiger partial charge in [0.05, 0.1) is 11.8 Å². The fourth-order valence-corrected chi connectivity index (χ4v) is 8.91. The maximum atomic E-state index is 13.8. The number of halogens is 4. The maximum absolute atomic E-state index is 13.8. The molecule has 0 spiro atoms. The first-order valence-electron chi connectivity index (χ1n) is 19.3. The Morgan fingerprint density at radius 3 is 2.59 bits per heavy atom. The van der Waals surface area contributed by atoms with Crippen molar-refractivity contribution >= 4 is 69.2 Å². The van der Waals surface area contributed by atoms with Crippen LogP contribution < -0.4 is 25.4 Å². The first kappa shape index (κ1) is 41.8. The molecule has 3 heterocycles.